The summed E-state index contributed by atoms with van der Waals surface area (Å²) in [6.45, 7) is 3.02. The Labute approximate surface area is 107 Å². The van der Waals surface area contributed by atoms with Crippen molar-refractivity contribution in [2.45, 2.75) is 19.8 Å². The molecular weight excluding hydrogens is 233 g/mol. The van der Waals surface area contributed by atoms with E-state index in [1.807, 2.05) is 24.9 Å². The SMILES string of the molecule is CCC(CN(C)CCc1ccccc1F)C(=O)O. The van der Waals surface area contributed by atoms with Crippen molar-refractivity contribution in [1.82, 2.24) is 4.90 Å². The molecule has 4 heteroatoms. The quantitative estimate of drug-likeness (QED) is 0.811. The van der Waals surface area contributed by atoms with Gasteiger partial charge in [-0.25, -0.2) is 4.39 Å². The van der Waals surface area contributed by atoms with Crippen LogP contribution in [0.4, 0.5) is 4.39 Å². The predicted molar refractivity (Wildman–Crippen MR) is 69.0 cm³/mol. The van der Waals surface area contributed by atoms with E-state index in [1.54, 1.807) is 12.1 Å². The van der Waals surface area contributed by atoms with E-state index in [4.69, 9.17) is 5.11 Å². The molecule has 1 N–H and O–H groups in total. The van der Waals surface area contributed by atoms with Gasteiger partial charge in [-0.15, -0.1) is 0 Å². The van der Waals surface area contributed by atoms with Gasteiger partial charge < -0.3 is 10.0 Å². The van der Waals surface area contributed by atoms with Crippen molar-refractivity contribution in [1.29, 1.82) is 0 Å². The summed E-state index contributed by atoms with van der Waals surface area (Å²) in [5.41, 5.74) is 0.674. The van der Waals surface area contributed by atoms with Gasteiger partial charge in [-0.2, -0.15) is 0 Å². The second-order valence-electron chi connectivity index (χ2n) is 4.55. The third-order valence-corrected chi connectivity index (χ3v) is 3.09. The van der Waals surface area contributed by atoms with Gasteiger partial charge in [0.25, 0.3) is 0 Å². The molecule has 0 saturated heterocycles. The Morgan fingerprint density at radius 2 is 2.11 bits per heavy atom. The first-order valence-corrected chi connectivity index (χ1v) is 6.19. The predicted octanol–water partition coefficient (Wildman–Crippen LogP) is 2.41. The molecule has 100 valence electrons. The summed E-state index contributed by atoms with van der Waals surface area (Å²) in [6, 6.07) is 6.68. The molecule has 3 nitrogen and oxygen atoms in total. The van der Waals surface area contributed by atoms with Crippen molar-refractivity contribution in [3.8, 4) is 0 Å². The fourth-order valence-electron chi connectivity index (χ4n) is 1.86. The molecular formula is C14H20FNO2. The summed E-state index contributed by atoms with van der Waals surface area (Å²) >= 11 is 0. The van der Waals surface area contributed by atoms with E-state index in [9.17, 15) is 9.18 Å². The molecule has 0 saturated carbocycles. The largest absolute Gasteiger partial charge is 0.481 e. The van der Waals surface area contributed by atoms with E-state index in [-0.39, 0.29) is 11.7 Å². The van der Waals surface area contributed by atoms with E-state index < -0.39 is 5.97 Å². The number of rotatable bonds is 7. The van der Waals surface area contributed by atoms with Gasteiger partial charge in [0.15, 0.2) is 0 Å². The van der Waals surface area contributed by atoms with Crippen molar-refractivity contribution in [2.24, 2.45) is 5.92 Å². The molecule has 0 radical (unpaired) electrons. The van der Waals surface area contributed by atoms with Gasteiger partial charge in [0, 0.05) is 13.1 Å². The number of hydrogen-bond acceptors (Lipinski definition) is 2. The topological polar surface area (TPSA) is 40.5 Å². The fourth-order valence-corrected chi connectivity index (χ4v) is 1.86. The van der Waals surface area contributed by atoms with Gasteiger partial charge in [0.2, 0.25) is 0 Å². The number of carboxylic acids is 1. The Morgan fingerprint density at radius 1 is 1.44 bits per heavy atom. The lowest BCUT2D eigenvalue weighted by atomic mass is 10.1. The first-order valence-electron chi connectivity index (χ1n) is 6.19. The minimum atomic E-state index is -0.768. The monoisotopic (exact) mass is 253 g/mol. The number of hydrogen-bond donors (Lipinski definition) is 1. The molecule has 1 aromatic rings. The molecule has 1 aromatic carbocycles. The van der Waals surface area contributed by atoms with Gasteiger partial charge >= 0.3 is 5.97 Å². The maximum Gasteiger partial charge on any atom is 0.307 e. The molecule has 1 rings (SSSR count). The molecule has 0 amide bonds. The van der Waals surface area contributed by atoms with Crippen LogP contribution >= 0.6 is 0 Å². The fraction of sp³-hybridized carbons (Fsp3) is 0.500. The van der Waals surface area contributed by atoms with Crippen LogP contribution in [-0.4, -0.2) is 36.1 Å². The molecule has 0 spiro atoms. The highest BCUT2D eigenvalue weighted by atomic mass is 19.1. The van der Waals surface area contributed by atoms with E-state index in [0.29, 0.717) is 31.5 Å². The first-order chi connectivity index (χ1) is 8.54. The highest BCUT2D eigenvalue weighted by molar-refractivity contribution is 5.70. The Morgan fingerprint density at radius 3 is 2.67 bits per heavy atom. The van der Waals surface area contributed by atoms with Crippen LogP contribution in [0.25, 0.3) is 0 Å². The van der Waals surface area contributed by atoms with Crippen LogP contribution in [0.15, 0.2) is 24.3 Å². The van der Waals surface area contributed by atoms with Gasteiger partial charge in [-0.1, -0.05) is 25.1 Å². The summed E-state index contributed by atoms with van der Waals surface area (Å²) in [4.78, 5) is 12.8. The molecule has 0 fully saturated rings. The normalized spacial score (nSPS) is 12.7. The van der Waals surface area contributed by atoms with E-state index >= 15 is 0 Å². The molecule has 18 heavy (non-hydrogen) atoms. The van der Waals surface area contributed by atoms with Crippen LogP contribution in [0.5, 0.6) is 0 Å². The average molecular weight is 253 g/mol. The van der Waals surface area contributed by atoms with Crippen LogP contribution in [0.2, 0.25) is 0 Å². The van der Waals surface area contributed by atoms with Crippen LogP contribution in [-0.2, 0) is 11.2 Å². The average Bonchev–Trinajstić information content (AvgIpc) is 2.34. The van der Waals surface area contributed by atoms with Crippen LogP contribution in [0.1, 0.15) is 18.9 Å². The Kier molecular flexibility index (Phi) is 5.78. The zero-order valence-electron chi connectivity index (χ0n) is 10.9. The van der Waals surface area contributed by atoms with E-state index in [2.05, 4.69) is 0 Å². The Bertz CT molecular complexity index is 395. The lowest BCUT2D eigenvalue weighted by Gasteiger charge is -2.20. The van der Waals surface area contributed by atoms with Crippen molar-refractivity contribution in [2.75, 3.05) is 20.1 Å². The molecule has 1 unspecified atom stereocenters. The summed E-state index contributed by atoms with van der Waals surface area (Å²) in [5, 5.41) is 8.96. The third kappa shape index (κ3) is 4.45. The van der Waals surface area contributed by atoms with Gasteiger partial charge in [0.05, 0.1) is 5.92 Å². The molecule has 0 aliphatic heterocycles. The van der Waals surface area contributed by atoms with E-state index in [0.717, 1.165) is 0 Å². The van der Waals surface area contributed by atoms with Gasteiger partial charge in [-0.3, -0.25) is 4.79 Å². The number of likely N-dealkylation sites (N-methyl/N-ethyl adjacent to an activating group) is 1. The van der Waals surface area contributed by atoms with E-state index in [1.165, 1.54) is 6.07 Å². The number of halogens is 1. The van der Waals surface area contributed by atoms with Crippen molar-refractivity contribution < 1.29 is 14.3 Å². The first kappa shape index (κ1) is 14.6. The van der Waals surface area contributed by atoms with Crippen molar-refractivity contribution in [3.63, 3.8) is 0 Å². The maximum absolute atomic E-state index is 13.4. The molecule has 1 atom stereocenters. The highest BCUT2D eigenvalue weighted by Gasteiger charge is 2.17. The second-order valence-corrected chi connectivity index (χ2v) is 4.55. The summed E-state index contributed by atoms with van der Waals surface area (Å²) in [7, 11) is 1.87. The van der Waals surface area contributed by atoms with Crippen molar-refractivity contribution >= 4 is 5.97 Å². The molecule has 0 aromatic heterocycles. The van der Waals surface area contributed by atoms with Crippen LogP contribution in [0, 0.1) is 11.7 Å². The minimum Gasteiger partial charge on any atom is -0.481 e. The Balaban J connectivity index is 2.44. The zero-order valence-corrected chi connectivity index (χ0v) is 10.9. The summed E-state index contributed by atoms with van der Waals surface area (Å²) in [6.07, 6.45) is 1.21. The standard InChI is InChI=1S/C14H20FNO2/c1-3-11(14(17)18)10-16(2)9-8-12-6-4-5-7-13(12)15/h4-7,11H,3,8-10H2,1-2H3,(H,17,18). The van der Waals surface area contributed by atoms with Crippen LogP contribution < -0.4 is 0 Å². The minimum absolute atomic E-state index is 0.198. The number of nitrogens with zero attached hydrogens (tertiary/aromatic N) is 1. The maximum atomic E-state index is 13.4. The van der Waals surface area contributed by atoms with Crippen molar-refractivity contribution in [3.05, 3.63) is 35.6 Å². The number of aliphatic carboxylic acids is 1. The number of benzene rings is 1. The zero-order chi connectivity index (χ0) is 13.5. The summed E-state index contributed by atoms with van der Waals surface area (Å²) in [5.74, 6) is -1.32. The summed E-state index contributed by atoms with van der Waals surface area (Å²) < 4.78 is 13.4. The lowest BCUT2D eigenvalue weighted by molar-refractivity contribution is -0.142. The molecule has 0 aliphatic carbocycles. The Hall–Kier alpha value is -1.42. The second kappa shape index (κ2) is 7.11. The number of carboxylic acid groups (broad SMARTS) is 1. The van der Waals surface area contributed by atoms with Gasteiger partial charge in [-0.05, 0) is 31.5 Å². The third-order valence-electron chi connectivity index (χ3n) is 3.09. The van der Waals surface area contributed by atoms with Gasteiger partial charge in [0.1, 0.15) is 5.82 Å². The molecule has 0 heterocycles. The molecule has 0 aliphatic rings. The number of carbonyl (C=O) groups is 1. The lowest BCUT2D eigenvalue weighted by Crippen LogP contribution is -2.31. The molecule has 0 bridgehead atoms. The highest BCUT2D eigenvalue weighted by Crippen LogP contribution is 2.09. The van der Waals surface area contributed by atoms with Crippen LogP contribution in [0.3, 0.4) is 0 Å². The smallest absolute Gasteiger partial charge is 0.307 e.